The average molecular weight is 312 g/mol. The van der Waals surface area contributed by atoms with E-state index in [9.17, 15) is 13.9 Å². The number of hydrogen-bond acceptors (Lipinski definition) is 8. The number of imidazole rings is 1. The Morgan fingerprint density at radius 1 is 1.41 bits per heavy atom. The van der Waals surface area contributed by atoms with Crippen LogP contribution in [-0.2, 0) is 4.74 Å². The molecular formula is C11H10F2N6O3. The molecule has 3 atom stereocenters. The van der Waals surface area contributed by atoms with E-state index in [1.54, 1.807) is 6.07 Å². The Morgan fingerprint density at radius 2 is 2.14 bits per heavy atom. The molecule has 1 aliphatic heterocycles. The number of aliphatic hydroxyl groups is 2. The van der Waals surface area contributed by atoms with Crippen LogP contribution in [0.5, 0.6) is 0 Å². The van der Waals surface area contributed by atoms with Gasteiger partial charge in [-0.2, -0.15) is 15.2 Å². The Labute approximate surface area is 121 Å². The highest BCUT2D eigenvalue weighted by Gasteiger charge is 2.59. The number of alkyl halides is 2. The first kappa shape index (κ1) is 14.5. The number of aromatic nitrogens is 4. The fourth-order valence-electron chi connectivity index (χ4n) is 2.27. The summed E-state index contributed by atoms with van der Waals surface area (Å²) in [6.07, 6.45) is -5.54. The van der Waals surface area contributed by atoms with Crippen LogP contribution in [0.1, 0.15) is 17.6 Å². The molecule has 22 heavy (non-hydrogen) atoms. The van der Waals surface area contributed by atoms with E-state index < -0.39 is 30.8 Å². The Hall–Kier alpha value is -2.42. The molecule has 9 nitrogen and oxygen atoms in total. The topological polar surface area (TPSA) is 154 Å². The quantitative estimate of drug-likeness (QED) is 0.564. The molecule has 0 unspecified atom stereocenters. The molecule has 116 valence electrons. The van der Waals surface area contributed by atoms with Crippen molar-refractivity contribution < 1.29 is 23.7 Å². The van der Waals surface area contributed by atoms with Crippen LogP contribution in [0.25, 0.3) is 11.2 Å². The second-order valence-corrected chi connectivity index (χ2v) is 4.72. The number of nitrogens with one attached hydrogen (secondary N) is 1. The van der Waals surface area contributed by atoms with E-state index in [1.165, 1.54) is 0 Å². The van der Waals surface area contributed by atoms with Gasteiger partial charge in [0.1, 0.15) is 29.6 Å². The van der Waals surface area contributed by atoms with Gasteiger partial charge in [-0.1, -0.05) is 0 Å². The van der Waals surface area contributed by atoms with Crippen molar-refractivity contribution in [3.05, 3.63) is 11.5 Å². The van der Waals surface area contributed by atoms with Crippen LogP contribution < -0.4 is 5.73 Å². The first-order chi connectivity index (χ1) is 10.4. The maximum absolute atomic E-state index is 14.0. The van der Waals surface area contributed by atoms with E-state index in [2.05, 4.69) is 19.9 Å². The number of nitrogen functional groups attached to an aromatic ring is 1. The highest BCUT2D eigenvalue weighted by molar-refractivity contribution is 5.77. The Kier molecular flexibility index (Phi) is 3.17. The zero-order valence-corrected chi connectivity index (χ0v) is 10.9. The van der Waals surface area contributed by atoms with E-state index in [-0.39, 0.29) is 28.6 Å². The van der Waals surface area contributed by atoms with Gasteiger partial charge in [-0.05, 0) is 0 Å². The first-order valence-electron chi connectivity index (χ1n) is 6.14. The number of H-pyrrole nitrogens is 1. The highest BCUT2D eigenvalue weighted by Crippen LogP contribution is 2.45. The summed E-state index contributed by atoms with van der Waals surface area (Å²) >= 11 is 0. The monoisotopic (exact) mass is 312 g/mol. The fraction of sp³-hybridized carbons (Fsp3) is 0.455. The summed E-state index contributed by atoms with van der Waals surface area (Å²) in [4.78, 5) is 13.7. The minimum absolute atomic E-state index is 0.0352. The maximum atomic E-state index is 14.0. The normalized spacial score (nSPS) is 27.1. The van der Waals surface area contributed by atoms with Gasteiger partial charge >= 0.3 is 5.92 Å². The van der Waals surface area contributed by atoms with Gasteiger partial charge in [-0.25, -0.2) is 13.8 Å². The number of hydrogen-bond donors (Lipinski definition) is 4. The van der Waals surface area contributed by atoms with Gasteiger partial charge in [0, 0.05) is 0 Å². The zero-order valence-electron chi connectivity index (χ0n) is 10.9. The van der Waals surface area contributed by atoms with Crippen molar-refractivity contribution in [1.29, 1.82) is 5.26 Å². The van der Waals surface area contributed by atoms with Gasteiger partial charge in [-0.15, -0.1) is 0 Å². The van der Waals surface area contributed by atoms with Gasteiger partial charge in [0.15, 0.2) is 17.4 Å². The Bertz CT molecular complexity index is 773. The van der Waals surface area contributed by atoms with Crippen molar-refractivity contribution in [2.75, 3.05) is 12.3 Å². The Balaban J connectivity index is 2.10. The summed E-state index contributed by atoms with van der Waals surface area (Å²) in [5.41, 5.74) is 5.22. The SMILES string of the molecule is N#Cc1nc(N)nc2nc([C@@H]3O[C@H](CO)[C@@H](O)C3(F)F)[nH]c12. The molecule has 3 heterocycles. The summed E-state index contributed by atoms with van der Waals surface area (Å²) in [7, 11) is 0. The lowest BCUT2D eigenvalue weighted by atomic mass is 10.1. The van der Waals surface area contributed by atoms with Crippen molar-refractivity contribution >= 4 is 17.1 Å². The van der Waals surface area contributed by atoms with Crippen LogP contribution in [0, 0.1) is 11.3 Å². The molecule has 0 spiro atoms. The van der Waals surface area contributed by atoms with Gasteiger partial charge in [0.05, 0.1) is 6.61 Å². The van der Waals surface area contributed by atoms with Crippen LogP contribution in [-0.4, -0.2) is 54.9 Å². The molecule has 0 radical (unpaired) electrons. The van der Waals surface area contributed by atoms with Crippen LogP contribution in [0.3, 0.4) is 0 Å². The maximum Gasteiger partial charge on any atom is 0.308 e. The van der Waals surface area contributed by atoms with Gasteiger partial charge in [0.25, 0.3) is 0 Å². The first-order valence-corrected chi connectivity index (χ1v) is 6.14. The number of anilines is 1. The third-order valence-corrected chi connectivity index (χ3v) is 3.33. The lowest BCUT2D eigenvalue weighted by Gasteiger charge is -2.17. The molecule has 1 fully saturated rings. The molecule has 3 rings (SSSR count). The Morgan fingerprint density at radius 3 is 2.73 bits per heavy atom. The summed E-state index contributed by atoms with van der Waals surface area (Å²) in [6, 6.07) is 1.74. The fourth-order valence-corrected chi connectivity index (χ4v) is 2.27. The van der Waals surface area contributed by atoms with E-state index >= 15 is 0 Å². The van der Waals surface area contributed by atoms with E-state index in [0.717, 1.165) is 0 Å². The number of nitrogens with zero attached hydrogens (tertiary/aromatic N) is 4. The van der Waals surface area contributed by atoms with Crippen molar-refractivity contribution in [3.8, 4) is 6.07 Å². The summed E-state index contributed by atoms with van der Waals surface area (Å²) in [5, 5.41) is 27.4. The highest BCUT2D eigenvalue weighted by atomic mass is 19.3. The predicted molar refractivity (Wildman–Crippen MR) is 66.5 cm³/mol. The molecule has 2 aromatic heterocycles. The molecule has 0 aromatic carbocycles. The number of fused-ring (bicyclic) bond motifs is 1. The minimum Gasteiger partial charge on any atom is -0.394 e. The summed E-state index contributed by atoms with van der Waals surface area (Å²) in [5.74, 6) is -4.24. The molecule has 0 bridgehead atoms. The molecule has 0 aliphatic carbocycles. The molecular weight excluding hydrogens is 302 g/mol. The minimum atomic E-state index is -3.67. The molecule has 0 saturated carbocycles. The van der Waals surface area contributed by atoms with Crippen molar-refractivity contribution in [2.45, 2.75) is 24.2 Å². The lowest BCUT2D eigenvalue weighted by molar-refractivity contribution is -0.115. The van der Waals surface area contributed by atoms with Crippen molar-refractivity contribution in [1.82, 2.24) is 19.9 Å². The predicted octanol–water partition coefficient (Wildman–Crippen LogP) is -0.765. The number of nitriles is 1. The van der Waals surface area contributed by atoms with E-state index in [4.69, 9.17) is 20.8 Å². The molecule has 11 heteroatoms. The molecule has 1 saturated heterocycles. The number of aliphatic hydroxyl groups excluding tert-OH is 2. The van der Waals surface area contributed by atoms with Crippen LogP contribution in [0.4, 0.5) is 14.7 Å². The number of ether oxygens (including phenoxy) is 1. The van der Waals surface area contributed by atoms with E-state index in [0.29, 0.717) is 0 Å². The van der Waals surface area contributed by atoms with Gasteiger partial charge in [-0.3, -0.25) is 0 Å². The smallest absolute Gasteiger partial charge is 0.308 e. The number of aromatic amines is 1. The largest absolute Gasteiger partial charge is 0.394 e. The van der Waals surface area contributed by atoms with Gasteiger partial charge < -0.3 is 25.7 Å². The average Bonchev–Trinajstić information content (AvgIpc) is 2.98. The van der Waals surface area contributed by atoms with Crippen molar-refractivity contribution in [3.63, 3.8) is 0 Å². The second-order valence-electron chi connectivity index (χ2n) is 4.72. The number of rotatable bonds is 2. The molecule has 5 N–H and O–H groups in total. The zero-order chi connectivity index (χ0) is 16.1. The molecule has 2 aromatic rings. The third kappa shape index (κ3) is 1.97. The van der Waals surface area contributed by atoms with Crippen molar-refractivity contribution in [2.24, 2.45) is 0 Å². The summed E-state index contributed by atoms with van der Waals surface area (Å²) in [6.45, 7) is -0.774. The third-order valence-electron chi connectivity index (χ3n) is 3.33. The lowest BCUT2D eigenvalue weighted by Crippen LogP contribution is -2.38. The van der Waals surface area contributed by atoms with Gasteiger partial charge in [0.2, 0.25) is 5.95 Å². The molecule has 1 aliphatic rings. The second kappa shape index (κ2) is 4.80. The standard InChI is InChI=1S/C11H10F2N6O3/c12-11(13)6(21)4(2-20)22-7(11)9-17-5-3(1-14)16-10(15)19-8(5)18-9/h4,6-7,20-21H,2H2,(H3,15,16,17,18,19)/t4-,6-,7+/m1/s1. The van der Waals surface area contributed by atoms with E-state index in [1.807, 2.05) is 0 Å². The van der Waals surface area contributed by atoms with Crippen LogP contribution >= 0.6 is 0 Å². The number of halogens is 2. The number of nitrogens with two attached hydrogens (primary N) is 1. The summed E-state index contributed by atoms with van der Waals surface area (Å²) < 4.78 is 33.0. The molecule has 0 amide bonds. The van der Waals surface area contributed by atoms with Crippen LogP contribution in [0.15, 0.2) is 0 Å². The van der Waals surface area contributed by atoms with Crippen LogP contribution in [0.2, 0.25) is 0 Å².